The van der Waals surface area contributed by atoms with E-state index >= 15 is 0 Å². The molecule has 114 valence electrons. The number of nitrogens with zero attached hydrogens (tertiary/aromatic N) is 1. The fourth-order valence-electron chi connectivity index (χ4n) is 2.73. The van der Waals surface area contributed by atoms with Crippen molar-refractivity contribution in [3.05, 3.63) is 63.2 Å². The van der Waals surface area contributed by atoms with Gasteiger partial charge in [-0.25, -0.2) is 0 Å². The Morgan fingerprint density at radius 1 is 1.27 bits per heavy atom. The van der Waals surface area contributed by atoms with Crippen LogP contribution in [0.3, 0.4) is 0 Å². The Labute approximate surface area is 127 Å². The molecule has 2 heterocycles. The van der Waals surface area contributed by atoms with E-state index in [2.05, 4.69) is 4.90 Å². The van der Waals surface area contributed by atoms with Crippen LogP contribution in [0, 0.1) is 0 Å². The fraction of sp³-hybridized carbons (Fsp3) is 0.294. The summed E-state index contributed by atoms with van der Waals surface area (Å²) in [6.45, 7) is 4.94. The number of hydrogen-bond acceptors (Lipinski definition) is 5. The Kier molecular flexibility index (Phi) is 3.58. The summed E-state index contributed by atoms with van der Waals surface area (Å²) >= 11 is 0. The molecule has 2 aromatic rings. The summed E-state index contributed by atoms with van der Waals surface area (Å²) in [6.07, 6.45) is 1.07. The Bertz CT molecular complexity index is 793. The highest BCUT2D eigenvalue weighted by Crippen LogP contribution is 2.31. The average molecular weight is 299 g/mol. The SMILES string of the molecule is CC(=O)c1ccc2c(c1)CN(C(C)c1cc(=O)c(O)co1)C2. The monoisotopic (exact) mass is 299 g/mol. The van der Waals surface area contributed by atoms with Crippen LogP contribution in [0.1, 0.15) is 47.1 Å². The van der Waals surface area contributed by atoms with Gasteiger partial charge in [-0.05, 0) is 31.0 Å². The zero-order valence-electron chi connectivity index (χ0n) is 12.5. The predicted molar refractivity (Wildman–Crippen MR) is 80.8 cm³/mol. The van der Waals surface area contributed by atoms with Crippen molar-refractivity contribution < 1.29 is 14.3 Å². The van der Waals surface area contributed by atoms with Gasteiger partial charge in [0.05, 0.1) is 6.04 Å². The number of benzene rings is 1. The summed E-state index contributed by atoms with van der Waals surface area (Å²) in [5, 5.41) is 9.26. The van der Waals surface area contributed by atoms with Gasteiger partial charge in [-0.1, -0.05) is 12.1 Å². The van der Waals surface area contributed by atoms with Gasteiger partial charge in [0.2, 0.25) is 5.43 Å². The summed E-state index contributed by atoms with van der Waals surface area (Å²) in [7, 11) is 0. The van der Waals surface area contributed by atoms with E-state index in [0.29, 0.717) is 17.9 Å². The van der Waals surface area contributed by atoms with Crippen molar-refractivity contribution >= 4 is 5.78 Å². The highest BCUT2D eigenvalue weighted by Gasteiger charge is 2.26. The maximum absolute atomic E-state index is 11.5. The third-order valence-electron chi connectivity index (χ3n) is 4.15. The van der Waals surface area contributed by atoms with E-state index in [4.69, 9.17) is 4.42 Å². The number of carbonyl (C=O) groups is 1. The first-order valence-electron chi connectivity index (χ1n) is 7.14. The molecule has 1 atom stereocenters. The minimum Gasteiger partial charge on any atom is -0.502 e. The Morgan fingerprint density at radius 3 is 2.68 bits per heavy atom. The van der Waals surface area contributed by atoms with Crippen molar-refractivity contribution in [2.45, 2.75) is 33.0 Å². The fourth-order valence-corrected chi connectivity index (χ4v) is 2.73. The lowest BCUT2D eigenvalue weighted by molar-refractivity contribution is 0.101. The van der Waals surface area contributed by atoms with Crippen LogP contribution >= 0.6 is 0 Å². The number of aromatic hydroxyl groups is 1. The minimum absolute atomic E-state index is 0.0545. The maximum Gasteiger partial charge on any atom is 0.226 e. The van der Waals surface area contributed by atoms with Gasteiger partial charge in [0.15, 0.2) is 11.5 Å². The zero-order valence-corrected chi connectivity index (χ0v) is 12.5. The van der Waals surface area contributed by atoms with E-state index in [0.717, 1.165) is 18.4 Å². The maximum atomic E-state index is 11.5. The van der Waals surface area contributed by atoms with Crippen LogP contribution in [0.15, 0.2) is 39.7 Å². The van der Waals surface area contributed by atoms with E-state index in [9.17, 15) is 14.7 Å². The molecule has 5 nitrogen and oxygen atoms in total. The second-order valence-electron chi connectivity index (χ2n) is 5.65. The number of Topliss-reactive ketones (excluding diaryl/α,β-unsaturated/α-hetero) is 1. The smallest absolute Gasteiger partial charge is 0.226 e. The van der Waals surface area contributed by atoms with Crippen LogP contribution in [-0.2, 0) is 13.1 Å². The Morgan fingerprint density at radius 2 is 2.00 bits per heavy atom. The molecule has 1 aromatic carbocycles. The Hall–Kier alpha value is -2.40. The molecule has 1 aromatic heterocycles. The van der Waals surface area contributed by atoms with Crippen molar-refractivity contribution in [1.29, 1.82) is 0 Å². The average Bonchev–Trinajstić information content (AvgIpc) is 2.92. The van der Waals surface area contributed by atoms with E-state index in [1.54, 1.807) is 6.92 Å². The van der Waals surface area contributed by atoms with Crippen LogP contribution in [-0.4, -0.2) is 15.8 Å². The molecule has 22 heavy (non-hydrogen) atoms. The van der Waals surface area contributed by atoms with Crippen LogP contribution in [0.25, 0.3) is 0 Å². The molecule has 1 N–H and O–H groups in total. The number of carbonyl (C=O) groups excluding carboxylic acids is 1. The lowest BCUT2D eigenvalue weighted by atomic mass is 10.0. The molecule has 0 bridgehead atoms. The zero-order chi connectivity index (χ0) is 15.9. The highest BCUT2D eigenvalue weighted by atomic mass is 16.4. The van der Waals surface area contributed by atoms with Crippen molar-refractivity contribution in [3.63, 3.8) is 0 Å². The molecule has 0 aliphatic carbocycles. The van der Waals surface area contributed by atoms with Crippen LogP contribution < -0.4 is 5.43 Å². The third kappa shape index (κ3) is 2.55. The Balaban J connectivity index is 1.84. The largest absolute Gasteiger partial charge is 0.502 e. The number of rotatable bonds is 3. The number of hydrogen-bond donors (Lipinski definition) is 1. The van der Waals surface area contributed by atoms with Crippen molar-refractivity contribution in [2.75, 3.05) is 0 Å². The van der Waals surface area contributed by atoms with Crippen LogP contribution in [0.4, 0.5) is 0 Å². The molecule has 0 saturated heterocycles. The third-order valence-corrected chi connectivity index (χ3v) is 4.15. The van der Waals surface area contributed by atoms with E-state index in [-0.39, 0.29) is 17.6 Å². The second-order valence-corrected chi connectivity index (χ2v) is 5.65. The van der Waals surface area contributed by atoms with Crippen molar-refractivity contribution in [3.8, 4) is 5.75 Å². The van der Waals surface area contributed by atoms with Gasteiger partial charge in [0, 0.05) is 24.7 Å². The molecule has 1 aliphatic rings. The highest BCUT2D eigenvalue weighted by molar-refractivity contribution is 5.94. The molecule has 0 radical (unpaired) electrons. The molecule has 5 heteroatoms. The van der Waals surface area contributed by atoms with E-state index < -0.39 is 5.43 Å². The lowest BCUT2D eigenvalue weighted by Gasteiger charge is -2.22. The van der Waals surface area contributed by atoms with Gasteiger partial charge in [-0.2, -0.15) is 0 Å². The van der Waals surface area contributed by atoms with Crippen molar-refractivity contribution in [2.24, 2.45) is 0 Å². The topological polar surface area (TPSA) is 70.8 Å². The molecule has 0 fully saturated rings. The lowest BCUT2D eigenvalue weighted by Crippen LogP contribution is -2.21. The molecule has 1 aliphatic heterocycles. The first-order chi connectivity index (χ1) is 10.5. The minimum atomic E-state index is -0.441. The summed E-state index contributed by atoms with van der Waals surface area (Å²) in [6, 6.07) is 6.98. The molecule has 3 rings (SSSR count). The van der Waals surface area contributed by atoms with Gasteiger partial charge in [0.25, 0.3) is 0 Å². The second kappa shape index (κ2) is 5.42. The number of ketones is 1. The molecular formula is C17H17NO4. The van der Waals surface area contributed by atoms with Gasteiger partial charge < -0.3 is 9.52 Å². The van der Waals surface area contributed by atoms with Crippen molar-refractivity contribution in [1.82, 2.24) is 4.90 Å². The molecular weight excluding hydrogens is 282 g/mol. The van der Waals surface area contributed by atoms with Crippen LogP contribution in [0.2, 0.25) is 0 Å². The number of fused-ring (bicyclic) bond motifs is 1. The molecule has 0 saturated carbocycles. The normalized spacial score (nSPS) is 15.5. The van der Waals surface area contributed by atoms with Gasteiger partial charge >= 0.3 is 0 Å². The molecule has 1 unspecified atom stereocenters. The molecule has 0 spiro atoms. The summed E-state index contributed by atoms with van der Waals surface area (Å²) in [5.41, 5.74) is 2.58. The van der Waals surface area contributed by atoms with E-state index in [1.165, 1.54) is 11.6 Å². The predicted octanol–water partition coefficient (Wildman–Crippen LogP) is 2.62. The van der Waals surface area contributed by atoms with Gasteiger partial charge in [-0.3, -0.25) is 14.5 Å². The first kappa shape index (κ1) is 14.5. The van der Waals surface area contributed by atoms with Gasteiger partial charge in [-0.15, -0.1) is 0 Å². The van der Waals surface area contributed by atoms with Crippen LogP contribution in [0.5, 0.6) is 5.75 Å². The standard InChI is InChI=1S/C17H17NO4/c1-10(17-6-15(20)16(21)9-22-17)18-7-13-4-3-12(11(2)19)5-14(13)8-18/h3-6,9-10,21H,7-8H2,1-2H3. The first-order valence-corrected chi connectivity index (χ1v) is 7.14. The van der Waals surface area contributed by atoms with Gasteiger partial charge in [0.1, 0.15) is 12.0 Å². The van der Waals surface area contributed by atoms with E-state index in [1.807, 2.05) is 25.1 Å². The molecule has 0 amide bonds. The summed E-state index contributed by atoms with van der Waals surface area (Å²) in [5.74, 6) is 0.188. The quantitative estimate of drug-likeness (QED) is 0.882. The summed E-state index contributed by atoms with van der Waals surface area (Å²) < 4.78 is 5.33. The summed E-state index contributed by atoms with van der Waals surface area (Å²) in [4.78, 5) is 25.2.